The van der Waals surface area contributed by atoms with Gasteiger partial charge in [0.25, 0.3) is 0 Å². The maximum Gasteiger partial charge on any atom is 0.417 e. The number of fused-ring (bicyclic) bond motifs is 1. The van der Waals surface area contributed by atoms with Gasteiger partial charge in [0.1, 0.15) is 0 Å². The second-order valence-electron chi connectivity index (χ2n) is 24.4. The van der Waals surface area contributed by atoms with E-state index in [1.807, 2.05) is 14.1 Å². The van der Waals surface area contributed by atoms with Crippen LogP contribution in [0, 0.1) is 23.7 Å². The third-order valence-corrected chi connectivity index (χ3v) is 17.1. The summed E-state index contributed by atoms with van der Waals surface area (Å²) in [4.78, 5) is 15.8. The molecule has 438 valence electrons. The zero-order chi connectivity index (χ0) is 56.2. The first-order chi connectivity index (χ1) is 35.2. The molecule has 1 aromatic carbocycles. The topological polar surface area (TPSA) is 153 Å². The van der Waals surface area contributed by atoms with Crippen LogP contribution in [0.4, 0.5) is 13.2 Å². The fourth-order valence-corrected chi connectivity index (χ4v) is 11.2. The molecule has 0 spiro atoms. The Morgan fingerprint density at radius 3 is 1.80 bits per heavy atom. The fraction of sp³-hybridized carbons (Fsp3) is 0.879. The van der Waals surface area contributed by atoms with Crippen LogP contribution in [0.25, 0.3) is 0 Å². The quantitative estimate of drug-likeness (QED) is 0.116. The Bertz CT molecular complexity index is 1730. The van der Waals surface area contributed by atoms with Gasteiger partial charge < -0.3 is 63.4 Å². The lowest BCUT2D eigenvalue weighted by molar-refractivity contribution is -0.137. The molecule has 17 heteroatoms. The molecule has 11 N–H and O–H groups in total. The van der Waals surface area contributed by atoms with Crippen LogP contribution in [0.5, 0.6) is 0 Å². The van der Waals surface area contributed by atoms with E-state index in [2.05, 4.69) is 162 Å². The number of halogens is 4. The van der Waals surface area contributed by atoms with Gasteiger partial charge in [0, 0.05) is 151 Å². The number of benzene rings is 1. The summed E-state index contributed by atoms with van der Waals surface area (Å²) in [6, 6.07) is 7.31. The molecule has 1 aliphatic heterocycles. The van der Waals surface area contributed by atoms with Crippen LogP contribution in [0.2, 0.25) is 5.02 Å². The summed E-state index contributed by atoms with van der Waals surface area (Å²) < 4.78 is 40.5. The fourth-order valence-electron chi connectivity index (χ4n) is 10.9. The second kappa shape index (κ2) is 33.8. The summed E-state index contributed by atoms with van der Waals surface area (Å²) in [5.41, 5.74) is -0.0155. The Labute approximate surface area is 460 Å². The highest BCUT2D eigenvalue weighted by Crippen LogP contribution is 2.35. The first kappa shape index (κ1) is 67.6. The van der Waals surface area contributed by atoms with Crippen molar-refractivity contribution >= 4 is 17.5 Å². The second-order valence-corrected chi connectivity index (χ2v) is 24.8. The van der Waals surface area contributed by atoms with Gasteiger partial charge in [-0.3, -0.25) is 4.79 Å². The molecule has 1 heterocycles. The first-order valence-corrected chi connectivity index (χ1v) is 29.9. The van der Waals surface area contributed by atoms with E-state index in [1.165, 1.54) is 6.07 Å². The van der Waals surface area contributed by atoms with Crippen molar-refractivity contribution in [3.05, 3.63) is 34.3 Å². The number of carbonyl (C=O) groups is 1. The molecule has 0 aromatic heterocycles. The first-order valence-electron chi connectivity index (χ1n) is 29.5. The highest BCUT2D eigenvalue weighted by molar-refractivity contribution is 6.31. The lowest BCUT2D eigenvalue weighted by Gasteiger charge is -2.43. The van der Waals surface area contributed by atoms with E-state index in [0.717, 1.165) is 82.9 Å². The predicted molar refractivity (Wildman–Crippen MR) is 311 cm³/mol. The number of rotatable bonds is 10. The molecule has 0 bridgehead atoms. The molecule has 75 heavy (non-hydrogen) atoms. The molecular weight excluding hydrogens is 973 g/mol. The highest BCUT2D eigenvalue weighted by Gasteiger charge is 2.36. The zero-order valence-corrected chi connectivity index (χ0v) is 50.7. The molecule has 1 aromatic rings. The molecule has 1 amide bonds. The summed E-state index contributed by atoms with van der Waals surface area (Å²) in [5.74, 6) is 1.22. The molecule has 3 rings (SSSR count). The van der Waals surface area contributed by atoms with Gasteiger partial charge in [-0.1, -0.05) is 72.1 Å². The van der Waals surface area contributed by atoms with Crippen molar-refractivity contribution < 1.29 is 18.0 Å². The van der Waals surface area contributed by atoms with Gasteiger partial charge in [0.15, 0.2) is 0 Å². The van der Waals surface area contributed by atoms with Gasteiger partial charge in [-0.2, -0.15) is 13.2 Å². The van der Waals surface area contributed by atoms with Crippen LogP contribution < -0.4 is 58.5 Å². The molecular formula is C58H112ClF3N12O. The van der Waals surface area contributed by atoms with Crippen LogP contribution in [-0.2, 0) is 17.4 Å². The van der Waals surface area contributed by atoms with E-state index in [0.29, 0.717) is 61.4 Å². The van der Waals surface area contributed by atoms with Gasteiger partial charge in [-0.25, -0.2) is 0 Å². The maximum atomic E-state index is 14.1. The van der Waals surface area contributed by atoms with Crippen LogP contribution >= 0.6 is 11.6 Å². The van der Waals surface area contributed by atoms with Gasteiger partial charge in [-0.05, 0) is 130 Å². The number of hydrogen-bond acceptors (Lipinski definition) is 12. The SMILES string of the molecule is CC[C@H](C)[C@@H]1NC(C)[C@@H](C(=O)N(C)C)CNC(C)[C@H](CC(C)C)NC[C@H]([C@@H](C)CC)NC(C)[C@H](C)NC2CC[C@@H]2NC(C)CNC(C)CNC[C@H](CCc2ccc(C(F)(F)F)c(Cl)c2)NC[C@@H](C)NC[C@H](C)NC1C. The number of aryl methyl sites for hydroxylation is 1. The highest BCUT2D eigenvalue weighted by atomic mass is 35.5. The zero-order valence-electron chi connectivity index (χ0n) is 50.0. The van der Waals surface area contributed by atoms with Gasteiger partial charge in [0.2, 0.25) is 5.91 Å². The summed E-state index contributed by atoms with van der Waals surface area (Å²) in [6.07, 6.45) is 2.28. The number of hydrogen-bond donors (Lipinski definition) is 11. The third-order valence-electron chi connectivity index (χ3n) is 16.8. The largest absolute Gasteiger partial charge is 0.417 e. The molecule has 1 saturated carbocycles. The maximum absolute atomic E-state index is 14.1. The molecule has 18 atom stereocenters. The van der Waals surface area contributed by atoms with Crippen molar-refractivity contribution in [2.75, 3.05) is 59.9 Å². The van der Waals surface area contributed by atoms with Crippen LogP contribution in [0.1, 0.15) is 154 Å². The van der Waals surface area contributed by atoms with Crippen molar-refractivity contribution in [3.63, 3.8) is 0 Å². The number of amides is 1. The molecule has 13 nitrogen and oxygen atoms in total. The van der Waals surface area contributed by atoms with Crippen molar-refractivity contribution in [1.29, 1.82) is 0 Å². The lowest BCUT2D eigenvalue weighted by Crippen LogP contribution is -2.63. The van der Waals surface area contributed by atoms with E-state index in [-0.39, 0.29) is 83.3 Å². The average Bonchev–Trinajstić information content (AvgIpc) is 3.34. The van der Waals surface area contributed by atoms with Crippen molar-refractivity contribution in [2.24, 2.45) is 23.7 Å². The summed E-state index contributed by atoms with van der Waals surface area (Å²) in [5, 5.41) is 42.5. The Kier molecular flexibility index (Phi) is 30.5. The molecule has 1 saturated heterocycles. The summed E-state index contributed by atoms with van der Waals surface area (Å²) >= 11 is 6.14. The molecule has 0 radical (unpaired) electrons. The van der Waals surface area contributed by atoms with Crippen LogP contribution in [-0.4, -0.2) is 161 Å². The van der Waals surface area contributed by atoms with E-state index < -0.39 is 11.7 Å². The van der Waals surface area contributed by atoms with Crippen molar-refractivity contribution in [1.82, 2.24) is 63.4 Å². The van der Waals surface area contributed by atoms with E-state index in [9.17, 15) is 18.0 Å². The van der Waals surface area contributed by atoms with E-state index >= 15 is 0 Å². The van der Waals surface area contributed by atoms with Crippen LogP contribution in [0.3, 0.4) is 0 Å². The van der Waals surface area contributed by atoms with Crippen molar-refractivity contribution in [3.8, 4) is 0 Å². The average molecular weight is 1090 g/mol. The van der Waals surface area contributed by atoms with E-state index in [4.69, 9.17) is 11.6 Å². The van der Waals surface area contributed by atoms with Gasteiger partial charge >= 0.3 is 6.18 Å². The van der Waals surface area contributed by atoms with Gasteiger partial charge in [0.05, 0.1) is 16.5 Å². The van der Waals surface area contributed by atoms with Crippen molar-refractivity contribution in [2.45, 2.75) is 246 Å². The Morgan fingerprint density at radius 2 is 1.23 bits per heavy atom. The smallest absolute Gasteiger partial charge is 0.348 e. The summed E-state index contributed by atoms with van der Waals surface area (Å²) in [6.45, 7) is 39.3. The minimum absolute atomic E-state index is 0.0784. The lowest BCUT2D eigenvalue weighted by atomic mass is 9.84. The van der Waals surface area contributed by atoms with Crippen LogP contribution in [0.15, 0.2) is 18.2 Å². The standard InChI is InChI=1S/C58H112ClF3N12O/c1-18-36(5)55-34-68-54(26-35(3)4)45(14)66-33-49(57(75)74(16)17)44(13)73-56(37(6)19-2)46(15)69-40(9)30-65-39(8)29-67-48(22-20-47-21-23-50(51(59)27-47)58(60,61)62)32-63-28-38(7)64-31-41(10)70-52-24-25-53(52)71-42(11)43(12)72-55/h21,23,27,35-46,48-49,52-56,63-73H,18-20,22,24-26,28-34H2,1-17H3/t36-,37-,38?,39+,40-,41?,42-,43?,44?,45?,46?,48-,49-,52-,53?,54-,55+,56-/m0/s1. The number of alkyl halides is 3. The minimum Gasteiger partial charge on any atom is -0.348 e. The molecule has 1 aliphatic carbocycles. The number of carbonyl (C=O) groups excluding carboxylic acids is 1. The molecule has 7 unspecified atom stereocenters. The minimum atomic E-state index is -4.49. The molecule has 2 aliphatic rings. The van der Waals surface area contributed by atoms with Gasteiger partial charge in [-0.15, -0.1) is 0 Å². The Balaban J connectivity index is 1.86. The predicted octanol–water partition coefficient (Wildman–Crippen LogP) is 7.14. The number of nitrogens with zero attached hydrogens (tertiary/aromatic N) is 1. The third kappa shape index (κ3) is 23.9. The number of nitrogens with one attached hydrogen (secondary N) is 11. The summed E-state index contributed by atoms with van der Waals surface area (Å²) in [7, 11) is 3.73. The monoisotopic (exact) mass is 1080 g/mol. The van der Waals surface area contributed by atoms with E-state index in [1.54, 1.807) is 11.0 Å². The normalized spacial score (nSPS) is 35.1. The molecule has 2 fully saturated rings. The Hall–Kier alpha value is -1.67. The Morgan fingerprint density at radius 1 is 0.640 bits per heavy atom.